The Bertz CT molecular complexity index is 1170. The van der Waals surface area contributed by atoms with Crippen molar-refractivity contribution in [3.63, 3.8) is 0 Å². The maximum atomic E-state index is 12.8. The summed E-state index contributed by atoms with van der Waals surface area (Å²) in [5.41, 5.74) is 5.28. The van der Waals surface area contributed by atoms with Crippen molar-refractivity contribution in [2.24, 2.45) is 5.92 Å². The summed E-state index contributed by atoms with van der Waals surface area (Å²) >= 11 is 0. The number of nitrogens with one attached hydrogen (secondary N) is 2. The van der Waals surface area contributed by atoms with Gasteiger partial charge in [-0.15, -0.1) is 0 Å². The Kier molecular flexibility index (Phi) is 7.45. The first-order chi connectivity index (χ1) is 16.9. The maximum absolute atomic E-state index is 12.8. The second-order valence-corrected chi connectivity index (χ2v) is 8.68. The Morgan fingerprint density at radius 1 is 0.886 bits per heavy atom. The van der Waals surface area contributed by atoms with Crippen molar-refractivity contribution >= 4 is 18.0 Å². The van der Waals surface area contributed by atoms with Crippen molar-refractivity contribution in [2.75, 3.05) is 13.2 Å². The SMILES string of the molecule is CC(CNC(=O)CC(NC(=O)OCC1c2ccccc2-c2ccccc21)c1ccccc1)C(=O)O. The predicted octanol–water partition coefficient (Wildman–Crippen LogP) is 4.49. The molecule has 1 aliphatic rings. The monoisotopic (exact) mass is 472 g/mol. The van der Waals surface area contributed by atoms with Gasteiger partial charge in [-0.1, -0.05) is 85.8 Å². The molecule has 1 aliphatic carbocycles. The summed E-state index contributed by atoms with van der Waals surface area (Å²) < 4.78 is 5.64. The number of carbonyl (C=O) groups excluding carboxylic acids is 2. The van der Waals surface area contributed by atoms with Crippen LogP contribution in [0.15, 0.2) is 78.9 Å². The number of hydrogen-bond acceptors (Lipinski definition) is 4. The molecule has 0 radical (unpaired) electrons. The molecular weight excluding hydrogens is 444 g/mol. The number of carbonyl (C=O) groups is 3. The first-order valence-electron chi connectivity index (χ1n) is 11.6. The van der Waals surface area contributed by atoms with Crippen LogP contribution in [0.4, 0.5) is 4.79 Å². The molecule has 35 heavy (non-hydrogen) atoms. The number of amides is 2. The number of fused-ring (bicyclic) bond motifs is 3. The fourth-order valence-corrected chi connectivity index (χ4v) is 4.33. The van der Waals surface area contributed by atoms with Crippen molar-refractivity contribution in [3.05, 3.63) is 95.6 Å². The highest BCUT2D eigenvalue weighted by molar-refractivity contribution is 5.80. The lowest BCUT2D eigenvalue weighted by Gasteiger charge is -2.20. The lowest BCUT2D eigenvalue weighted by molar-refractivity contribution is -0.141. The van der Waals surface area contributed by atoms with Crippen LogP contribution in [0.2, 0.25) is 0 Å². The number of carboxylic acids is 1. The Balaban J connectivity index is 1.41. The quantitative estimate of drug-likeness (QED) is 0.426. The van der Waals surface area contributed by atoms with E-state index in [-0.39, 0.29) is 31.4 Å². The van der Waals surface area contributed by atoms with Crippen LogP contribution in [0.5, 0.6) is 0 Å². The van der Waals surface area contributed by atoms with Crippen molar-refractivity contribution in [1.29, 1.82) is 0 Å². The Morgan fingerprint density at radius 3 is 2.06 bits per heavy atom. The number of benzene rings is 3. The van der Waals surface area contributed by atoms with Crippen molar-refractivity contribution in [1.82, 2.24) is 10.6 Å². The summed E-state index contributed by atoms with van der Waals surface area (Å²) in [4.78, 5) is 36.3. The van der Waals surface area contributed by atoms with Crippen LogP contribution in [-0.4, -0.2) is 36.2 Å². The standard InChI is InChI=1S/C28H28N2O5/c1-18(27(32)33)16-29-26(31)15-25(19-9-3-2-4-10-19)30-28(34)35-17-24-22-13-7-5-11-20(22)21-12-6-8-14-23(21)24/h2-14,18,24-25H,15-17H2,1H3,(H,29,31)(H,30,34)(H,32,33). The number of alkyl carbamates (subject to hydrolysis) is 1. The average Bonchev–Trinajstić information content (AvgIpc) is 3.19. The molecule has 180 valence electrons. The summed E-state index contributed by atoms with van der Waals surface area (Å²) in [6, 6.07) is 24.7. The fraction of sp³-hybridized carbons (Fsp3) is 0.250. The van der Waals surface area contributed by atoms with E-state index < -0.39 is 24.0 Å². The first kappa shape index (κ1) is 24.0. The van der Waals surface area contributed by atoms with E-state index in [2.05, 4.69) is 34.9 Å². The lowest BCUT2D eigenvalue weighted by atomic mass is 9.98. The second-order valence-electron chi connectivity index (χ2n) is 8.68. The minimum Gasteiger partial charge on any atom is -0.481 e. The summed E-state index contributed by atoms with van der Waals surface area (Å²) in [5.74, 6) is -2.11. The molecule has 0 saturated carbocycles. The molecule has 0 bridgehead atoms. The number of rotatable bonds is 9. The van der Waals surface area contributed by atoms with Gasteiger partial charge in [0.2, 0.25) is 5.91 Å². The van der Waals surface area contributed by atoms with Crippen LogP contribution in [-0.2, 0) is 14.3 Å². The zero-order chi connectivity index (χ0) is 24.8. The molecule has 0 aliphatic heterocycles. The molecule has 0 spiro atoms. The van der Waals surface area contributed by atoms with Crippen molar-refractivity contribution < 1.29 is 24.2 Å². The normalized spacial score (nSPS) is 13.7. The number of aliphatic carboxylic acids is 1. The molecule has 0 heterocycles. The summed E-state index contributed by atoms with van der Waals surface area (Å²) in [5, 5.41) is 14.5. The summed E-state index contributed by atoms with van der Waals surface area (Å²) in [6.45, 7) is 1.70. The molecule has 7 nitrogen and oxygen atoms in total. The average molecular weight is 473 g/mol. The van der Waals surface area contributed by atoms with Crippen LogP contribution >= 0.6 is 0 Å². The van der Waals surface area contributed by atoms with Gasteiger partial charge in [0.1, 0.15) is 6.61 Å². The third kappa shape index (κ3) is 5.69. The zero-order valence-corrected chi connectivity index (χ0v) is 19.4. The molecule has 2 unspecified atom stereocenters. The van der Waals surface area contributed by atoms with Gasteiger partial charge in [-0.25, -0.2) is 4.79 Å². The number of carboxylic acid groups (broad SMARTS) is 1. The van der Waals surface area contributed by atoms with E-state index in [1.54, 1.807) is 0 Å². The van der Waals surface area contributed by atoms with Crippen molar-refractivity contribution in [3.8, 4) is 11.1 Å². The molecule has 2 amide bonds. The largest absolute Gasteiger partial charge is 0.481 e. The van der Waals surface area contributed by atoms with E-state index >= 15 is 0 Å². The Labute approximate surface area is 204 Å². The summed E-state index contributed by atoms with van der Waals surface area (Å²) in [7, 11) is 0. The van der Waals surface area contributed by atoms with Gasteiger partial charge < -0.3 is 20.5 Å². The van der Waals surface area contributed by atoms with E-state index in [0.29, 0.717) is 0 Å². The molecule has 3 N–H and O–H groups in total. The fourth-order valence-electron chi connectivity index (χ4n) is 4.33. The van der Waals surface area contributed by atoms with Gasteiger partial charge in [0.15, 0.2) is 0 Å². The highest BCUT2D eigenvalue weighted by Crippen LogP contribution is 2.44. The van der Waals surface area contributed by atoms with Gasteiger partial charge in [-0.3, -0.25) is 9.59 Å². The van der Waals surface area contributed by atoms with Gasteiger partial charge in [-0.05, 0) is 27.8 Å². The molecule has 3 aromatic carbocycles. The predicted molar refractivity (Wildman–Crippen MR) is 132 cm³/mol. The van der Waals surface area contributed by atoms with Gasteiger partial charge in [-0.2, -0.15) is 0 Å². The molecule has 0 fully saturated rings. The Hall–Kier alpha value is -4.13. The highest BCUT2D eigenvalue weighted by atomic mass is 16.5. The molecule has 0 saturated heterocycles. The van der Waals surface area contributed by atoms with Gasteiger partial charge in [0, 0.05) is 12.5 Å². The van der Waals surface area contributed by atoms with Crippen LogP contribution in [0.25, 0.3) is 11.1 Å². The Morgan fingerprint density at radius 2 is 1.46 bits per heavy atom. The van der Waals surface area contributed by atoms with Gasteiger partial charge >= 0.3 is 12.1 Å². The van der Waals surface area contributed by atoms with E-state index in [1.807, 2.05) is 54.6 Å². The smallest absolute Gasteiger partial charge is 0.407 e. The van der Waals surface area contributed by atoms with Crippen LogP contribution in [0, 0.1) is 5.92 Å². The van der Waals surface area contributed by atoms with E-state index in [4.69, 9.17) is 9.84 Å². The number of ether oxygens (including phenoxy) is 1. The van der Waals surface area contributed by atoms with Crippen LogP contribution < -0.4 is 10.6 Å². The lowest BCUT2D eigenvalue weighted by Crippen LogP contribution is -2.36. The molecule has 4 rings (SSSR count). The van der Waals surface area contributed by atoms with Gasteiger partial charge in [0.25, 0.3) is 0 Å². The third-order valence-electron chi connectivity index (χ3n) is 6.25. The van der Waals surface area contributed by atoms with Gasteiger partial charge in [0.05, 0.1) is 18.4 Å². The molecule has 2 atom stereocenters. The van der Waals surface area contributed by atoms with E-state index in [0.717, 1.165) is 27.8 Å². The van der Waals surface area contributed by atoms with Crippen molar-refractivity contribution in [2.45, 2.75) is 25.3 Å². The summed E-state index contributed by atoms with van der Waals surface area (Å²) in [6.07, 6.45) is -0.659. The minimum atomic E-state index is -0.985. The minimum absolute atomic E-state index is 0.0145. The molecule has 7 heteroatoms. The second kappa shape index (κ2) is 10.9. The molecular formula is C28H28N2O5. The molecule has 0 aromatic heterocycles. The number of hydrogen-bond donors (Lipinski definition) is 3. The zero-order valence-electron chi connectivity index (χ0n) is 19.4. The van der Waals surface area contributed by atoms with E-state index in [9.17, 15) is 14.4 Å². The van der Waals surface area contributed by atoms with Crippen LogP contribution in [0.1, 0.15) is 42.0 Å². The van der Waals surface area contributed by atoms with E-state index in [1.165, 1.54) is 6.92 Å². The van der Waals surface area contributed by atoms with Crippen LogP contribution in [0.3, 0.4) is 0 Å². The third-order valence-corrected chi connectivity index (χ3v) is 6.25. The molecule has 3 aromatic rings. The highest BCUT2D eigenvalue weighted by Gasteiger charge is 2.29. The topological polar surface area (TPSA) is 105 Å². The first-order valence-corrected chi connectivity index (χ1v) is 11.6. The maximum Gasteiger partial charge on any atom is 0.407 e.